The molecule has 0 atom stereocenters. The fraction of sp³-hybridized carbons (Fsp3) is 0.214. The summed E-state index contributed by atoms with van der Waals surface area (Å²) < 4.78 is 2.03. The third-order valence-electron chi connectivity index (χ3n) is 3.01. The monoisotopic (exact) mass is 272 g/mol. The molecule has 0 aliphatic rings. The minimum absolute atomic E-state index is 0.312. The third-order valence-corrected chi connectivity index (χ3v) is 3.25. The second kappa shape index (κ2) is 4.63. The van der Waals surface area contributed by atoms with E-state index in [-0.39, 0.29) is 0 Å². The van der Waals surface area contributed by atoms with Gasteiger partial charge in [0, 0.05) is 16.6 Å². The zero-order valence-corrected chi connectivity index (χ0v) is 11.5. The molecule has 96 valence electrons. The van der Waals surface area contributed by atoms with E-state index in [1.165, 1.54) is 0 Å². The Morgan fingerprint density at radius 1 is 1.16 bits per heavy atom. The van der Waals surface area contributed by atoms with Crippen LogP contribution in [0, 0.1) is 0 Å². The maximum Gasteiger partial charge on any atom is 0.164 e. The molecule has 3 rings (SSSR count). The summed E-state index contributed by atoms with van der Waals surface area (Å²) in [5.74, 6) is 0. The molecule has 0 aliphatic carbocycles. The van der Waals surface area contributed by atoms with Crippen LogP contribution in [0.25, 0.3) is 22.4 Å². The number of aromatic nitrogens is 4. The molecular formula is C14H13ClN4. The van der Waals surface area contributed by atoms with E-state index in [0.717, 1.165) is 22.4 Å². The first-order chi connectivity index (χ1) is 9.16. The van der Waals surface area contributed by atoms with Crippen molar-refractivity contribution in [3.8, 4) is 11.3 Å². The third kappa shape index (κ3) is 2.08. The van der Waals surface area contributed by atoms with E-state index < -0.39 is 0 Å². The quantitative estimate of drug-likeness (QED) is 0.714. The molecule has 0 bridgehead atoms. The van der Waals surface area contributed by atoms with Crippen molar-refractivity contribution < 1.29 is 0 Å². The standard InChI is InChI=1S/C14H13ClN4/c1-9(2)19-8-18-13-12(16-7-17-14(13)19)10-4-3-5-11(15)6-10/h3-9H,1-2H3. The van der Waals surface area contributed by atoms with Crippen molar-refractivity contribution in [1.29, 1.82) is 0 Å². The molecule has 0 spiro atoms. The summed E-state index contributed by atoms with van der Waals surface area (Å²) in [6.07, 6.45) is 3.37. The van der Waals surface area contributed by atoms with E-state index in [4.69, 9.17) is 11.6 Å². The Balaban J connectivity index is 2.25. The maximum absolute atomic E-state index is 6.03. The van der Waals surface area contributed by atoms with Crippen LogP contribution in [0.4, 0.5) is 0 Å². The zero-order chi connectivity index (χ0) is 13.4. The highest BCUT2D eigenvalue weighted by atomic mass is 35.5. The smallest absolute Gasteiger partial charge is 0.164 e. The molecule has 2 aromatic heterocycles. The van der Waals surface area contributed by atoms with E-state index in [9.17, 15) is 0 Å². The van der Waals surface area contributed by atoms with E-state index in [0.29, 0.717) is 11.1 Å². The van der Waals surface area contributed by atoms with Crippen LogP contribution >= 0.6 is 11.6 Å². The molecule has 0 amide bonds. The molecular weight excluding hydrogens is 260 g/mol. The summed E-state index contributed by atoms with van der Waals surface area (Å²) >= 11 is 6.03. The Morgan fingerprint density at radius 2 is 2.00 bits per heavy atom. The van der Waals surface area contributed by atoms with Crippen LogP contribution in [-0.2, 0) is 0 Å². The molecule has 0 radical (unpaired) electrons. The van der Waals surface area contributed by atoms with Crippen molar-refractivity contribution in [3.05, 3.63) is 41.9 Å². The zero-order valence-electron chi connectivity index (χ0n) is 10.7. The first-order valence-corrected chi connectivity index (χ1v) is 6.48. The maximum atomic E-state index is 6.03. The predicted molar refractivity (Wildman–Crippen MR) is 76.2 cm³/mol. The molecule has 0 unspecified atom stereocenters. The molecule has 4 nitrogen and oxygen atoms in total. The van der Waals surface area contributed by atoms with Crippen LogP contribution in [0.1, 0.15) is 19.9 Å². The van der Waals surface area contributed by atoms with Crippen molar-refractivity contribution >= 4 is 22.8 Å². The number of nitrogens with zero attached hydrogens (tertiary/aromatic N) is 4. The lowest BCUT2D eigenvalue weighted by molar-refractivity contribution is 0.612. The molecule has 0 saturated heterocycles. The molecule has 5 heteroatoms. The number of imidazole rings is 1. The Hall–Kier alpha value is -1.94. The normalized spacial score (nSPS) is 11.4. The summed E-state index contributed by atoms with van der Waals surface area (Å²) in [5, 5.41) is 0.688. The molecule has 0 aliphatic heterocycles. The van der Waals surface area contributed by atoms with E-state index in [1.807, 2.05) is 28.8 Å². The number of fused-ring (bicyclic) bond motifs is 1. The number of benzene rings is 1. The second-order valence-electron chi connectivity index (χ2n) is 4.65. The van der Waals surface area contributed by atoms with Crippen molar-refractivity contribution in [2.75, 3.05) is 0 Å². The van der Waals surface area contributed by atoms with Crippen LogP contribution in [0.15, 0.2) is 36.9 Å². The average molecular weight is 273 g/mol. The lowest BCUT2D eigenvalue weighted by atomic mass is 10.1. The summed E-state index contributed by atoms with van der Waals surface area (Å²) in [6, 6.07) is 7.92. The van der Waals surface area contributed by atoms with Gasteiger partial charge in [-0.25, -0.2) is 15.0 Å². The second-order valence-corrected chi connectivity index (χ2v) is 5.09. The van der Waals surface area contributed by atoms with E-state index in [1.54, 1.807) is 12.7 Å². The van der Waals surface area contributed by atoms with Gasteiger partial charge >= 0.3 is 0 Å². The number of hydrogen-bond donors (Lipinski definition) is 0. The molecule has 0 N–H and O–H groups in total. The fourth-order valence-electron chi connectivity index (χ4n) is 2.08. The van der Waals surface area contributed by atoms with Gasteiger partial charge in [0.2, 0.25) is 0 Å². The van der Waals surface area contributed by atoms with Crippen molar-refractivity contribution in [1.82, 2.24) is 19.5 Å². The van der Waals surface area contributed by atoms with Crippen LogP contribution in [0.2, 0.25) is 5.02 Å². The summed E-state index contributed by atoms with van der Waals surface area (Å²) in [7, 11) is 0. The molecule has 0 saturated carbocycles. The number of hydrogen-bond acceptors (Lipinski definition) is 3. The Bertz CT molecular complexity index is 733. The molecule has 3 aromatic rings. The fourth-order valence-corrected chi connectivity index (χ4v) is 2.27. The summed E-state index contributed by atoms with van der Waals surface area (Å²) in [4.78, 5) is 13.1. The largest absolute Gasteiger partial charge is 0.313 e. The lowest BCUT2D eigenvalue weighted by Gasteiger charge is -2.07. The van der Waals surface area contributed by atoms with Crippen LogP contribution < -0.4 is 0 Å². The Labute approximate surface area is 116 Å². The van der Waals surface area contributed by atoms with Gasteiger partial charge in [-0.1, -0.05) is 23.7 Å². The van der Waals surface area contributed by atoms with Gasteiger partial charge < -0.3 is 4.57 Å². The van der Waals surface area contributed by atoms with Gasteiger partial charge in [0.1, 0.15) is 17.5 Å². The highest BCUT2D eigenvalue weighted by Crippen LogP contribution is 2.27. The van der Waals surface area contributed by atoms with Crippen LogP contribution in [0.5, 0.6) is 0 Å². The van der Waals surface area contributed by atoms with Crippen molar-refractivity contribution in [2.24, 2.45) is 0 Å². The average Bonchev–Trinajstić information content (AvgIpc) is 2.82. The van der Waals surface area contributed by atoms with Crippen LogP contribution in [0.3, 0.4) is 0 Å². The summed E-state index contributed by atoms with van der Waals surface area (Å²) in [6.45, 7) is 4.20. The van der Waals surface area contributed by atoms with Gasteiger partial charge in [0.05, 0.1) is 6.33 Å². The SMILES string of the molecule is CC(C)n1cnc2c(-c3cccc(Cl)c3)ncnc21. The first-order valence-electron chi connectivity index (χ1n) is 6.10. The molecule has 19 heavy (non-hydrogen) atoms. The number of halogens is 1. The van der Waals surface area contributed by atoms with Gasteiger partial charge in [-0.15, -0.1) is 0 Å². The molecule has 0 fully saturated rings. The minimum atomic E-state index is 0.312. The topological polar surface area (TPSA) is 43.6 Å². The van der Waals surface area contributed by atoms with E-state index in [2.05, 4.69) is 28.8 Å². The van der Waals surface area contributed by atoms with Gasteiger partial charge in [-0.05, 0) is 26.0 Å². The molecule has 1 aromatic carbocycles. The minimum Gasteiger partial charge on any atom is -0.313 e. The van der Waals surface area contributed by atoms with Crippen molar-refractivity contribution in [2.45, 2.75) is 19.9 Å². The van der Waals surface area contributed by atoms with Gasteiger partial charge in [0.25, 0.3) is 0 Å². The van der Waals surface area contributed by atoms with Gasteiger partial charge in [0.15, 0.2) is 5.65 Å². The van der Waals surface area contributed by atoms with E-state index >= 15 is 0 Å². The van der Waals surface area contributed by atoms with Gasteiger partial charge in [-0.3, -0.25) is 0 Å². The lowest BCUT2D eigenvalue weighted by Crippen LogP contribution is -2.00. The highest BCUT2D eigenvalue weighted by Gasteiger charge is 2.13. The molecule has 2 heterocycles. The Morgan fingerprint density at radius 3 is 2.74 bits per heavy atom. The van der Waals surface area contributed by atoms with Crippen LogP contribution in [-0.4, -0.2) is 19.5 Å². The van der Waals surface area contributed by atoms with Gasteiger partial charge in [-0.2, -0.15) is 0 Å². The Kier molecular flexibility index (Phi) is 2.95. The number of rotatable bonds is 2. The summed E-state index contributed by atoms with van der Waals surface area (Å²) in [5.41, 5.74) is 3.42. The predicted octanol–water partition coefficient (Wildman–Crippen LogP) is 3.73. The van der Waals surface area contributed by atoms with Crippen molar-refractivity contribution in [3.63, 3.8) is 0 Å². The first kappa shape index (κ1) is 12.1. The highest BCUT2D eigenvalue weighted by molar-refractivity contribution is 6.30.